The van der Waals surface area contributed by atoms with E-state index < -0.39 is 16.2 Å². The maximum atomic E-state index is 12.6. The van der Waals surface area contributed by atoms with E-state index >= 15 is 0 Å². The lowest BCUT2D eigenvalue weighted by molar-refractivity contribution is -0.119. The van der Waals surface area contributed by atoms with Crippen molar-refractivity contribution in [3.8, 4) is 0 Å². The summed E-state index contributed by atoms with van der Waals surface area (Å²) in [7, 11) is -2.10. The van der Waals surface area contributed by atoms with Crippen LogP contribution in [0.2, 0.25) is 0 Å². The van der Waals surface area contributed by atoms with E-state index in [4.69, 9.17) is 0 Å². The molecule has 2 aromatic rings. The lowest BCUT2D eigenvalue weighted by atomic mass is 10.2. The molecule has 7 heteroatoms. The number of sulfonamides is 1. The Morgan fingerprint density at radius 2 is 1.87 bits per heavy atom. The molecular weight excluding hydrogens is 314 g/mol. The van der Waals surface area contributed by atoms with Crippen LogP contribution in [0.3, 0.4) is 0 Å². The standard InChI is InChI=1S/C16H17N3O3S/c1-11-6-5-7-12(10-11)19(2)16(20)15-17-13-8-3-4-9-14(13)23(21,22)18-15/h3-10,15,17-18H,1-2H3. The van der Waals surface area contributed by atoms with E-state index in [1.807, 2.05) is 25.1 Å². The molecule has 3 rings (SSSR count). The highest BCUT2D eigenvalue weighted by Gasteiger charge is 2.34. The van der Waals surface area contributed by atoms with E-state index in [0.29, 0.717) is 11.4 Å². The molecule has 0 fully saturated rings. The van der Waals surface area contributed by atoms with Crippen LogP contribution in [-0.4, -0.2) is 27.5 Å². The Bertz CT molecular complexity index is 864. The molecule has 1 atom stereocenters. The quantitative estimate of drug-likeness (QED) is 0.878. The third-order valence-corrected chi connectivity index (χ3v) is 5.20. The number of aryl methyl sites for hydroxylation is 1. The van der Waals surface area contributed by atoms with Crippen molar-refractivity contribution in [3.05, 3.63) is 54.1 Å². The van der Waals surface area contributed by atoms with Gasteiger partial charge in [-0.25, -0.2) is 8.42 Å². The van der Waals surface area contributed by atoms with Crippen LogP contribution in [0.25, 0.3) is 0 Å². The third-order valence-electron chi connectivity index (χ3n) is 3.72. The number of hydrogen-bond acceptors (Lipinski definition) is 4. The lowest BCUT2D eigenvalue weighted by Gasteiger charge is -2.30. The molecule has 0 aliphatic carbocycles. The molecule has 23 heavy (non-hydrogen) atoms. The largest absolute Gasteiger partial charge is 0.360 e. The first kappa shape index (κ1) is 15.5. The number of amides is 1. The van der Waals surface area contributed by atoms with Crippen molar-refractivity contribution in [3.63, 3.8) is 0 Å². The van der Waals surface area contributed by atoms with Gasteiger partial charge in [0.05, 0.1) is 5.69 Å². The highest BCUT2D eigenvalue weighted by atomic mass is 32.2. The van der Waals surface area contributed by atoms with Crippen LogP contribution in [0.4, 0.5) is 11.4 Å². The minimum Gasteiger partial charge on any atom is -0.360 e. The first-order chi connectivity index (χ1) is 10.9. The highest BCUT2D eigenvalue weighted by Crippen LogP contribution is 2.26. The number of rotatable bonds is 2. The number of nitrogens with zero attached hydrogens (tertiary/aromatic N) is 1. The molecule has 2 N–H and O–H groups in total. The zero-order valence-corrected chi connectivity index (χ0v) is 13.6. The van der Waals surface area contributed by atoms with Crippen molar-refractivity contribution in [2.75, 3.05) is 17.3 Å². The van der Waals surface area contributed by atoms with Gasteiger partial charge in [-0.3, -0.25) is 4.79 Å². The summed E-state index contributed by atoms with van der Waals surface area (Å²) in [5, 5.41) is 2.94. The molecule has 0 saturated carbocycles. The van der Waals surface area contributed by atoms with Crippen molar-refractivity contribution in [2.45, 2.75) is 18.0 Å². The van der Waals surface area contributed by atoms with E-state index in [0.717, 1.165) is 5.56 Å². The number of benzene rings is 2. The molecule has 1 unspecified atom stereocenters. The fraction of sp³-hybridized carbons (Fsp3) is 0.188. The number of carbonyl (C=O) groups excluding carboxylic acids is 1. The van der Waals surface area contributed by atoms with Crippen molar-refractivity contribution < 1.29 is 13.2 Å². The van der Waals surface area contributed by atoms with Gasteiger partial charge in [-0.05, 0) is 36.8 Å². The fourth-order valence-corrected chi connectivity index (χ4v) is 3.76. The summed E-state index contributed by atoms with van der Waals surface area (Å²) in [6.07, 6.45) is -1.04. The Morgan fingerprint density at radius 1 is 1.13 bits per heavy atom. The van der Waals surface area contributed by atoms with E-state index in [2.05, 4.69) is 10.0 Å². The van der Waals surface area contributed by atoms with E-state index in [1.165, 1.54) is 11.0 Å². The van der Waals surface area contributed by atoms with Gasteiger partial charge in [0.1, 0.15) is 4.90 Å². The average Bonchev–Trinajstić information content (AvgIpc) is 2.53. The molecule has 0 aromatic heterocycles. The van der Waals surface area contributed by atoms with Crippen molar-refractivity contribution >= 4 is 27.3 Å². The predicted molar refractivity (Wildman–Crippen MR) is 88.8 cm³/mol. The van der Waals surface area contributed by atoms with Gasteiger partial charge in [-0.1, -0.05) is 24.3 Å². The van der Waals surface area contributed by atoms with Crippen LogP contribution in [0.15, 0.2) is 53.4 Å². The second-order valence-corrected chi connectivity index (χ2v) is 7.11. The number of carbonyl (C=O) groups is 1. The topological polar surface area (TPSA) is 78.5 Å². The Labute approximate surface area is 135 Å². The first-order valence-electron chi connectivity index (χ1n) is 7.10. The van der Waals surface area contributed by atoms with Crippen LogP contribution >= 0.6 is 0 Å². The number of anilines is 2. The monoisotopic (exact) mass is 331 g/mol. The third kappa shape index (κ3) is 2.93. The molecule has 0 spiro atoms. The van der Waals surface area contributed by atoms with Crippen LogP contribution in [0.5, 0.6) is 0 Å². The summed E-state index contributed by atoms with van der Waals surface area (Å²) in [5.41, 5.74) is 2.14. The maximum Gasteiger partial charge on any atom is 0.265 e. The number of likely N-dealkylation sites (N-methyl/N-ethyl adjacent to an activating group) is 1. The summed E-state index contributed by atoms with van der Waals surface area (Å²) in [5.74, 6) is -0.381. The predicted octanol–water partition coefficient (Wildman–Crippen LogP) is 1.69. The molecule has 0 bridgehead atoms. The van der Waals surface area contributed by atoms with Crippen LogP contribution in [0.1, 0.15) is 5.56 Å². The molecular formula is C16H17N3O3S. The highest BCUT2D eigenvalue weighted by molar-refractivity contribution is 7.89. The number of nitrogens with one attached hydrogen (secondary N) is 2. The average molecular weight is 331 g/mol. The minimum atomic E-state index is -3.72. The Hall–Kier alpha value is -2.38. The van der Waals surface area contributed by atoms with Gasteiger partial charge in [0.15, 0.2) is 6.17 Å². The molecule has 6 nitrogen and oxygen atoms in total. The molecule has 1 amide bonds. The van der Waals surface area contributed by atoms with Gasteiger partial charge in [-0.15, -0.1) is 0 Å². The van der Waals surface area contributed by atoms with E-state index in [9.17, 15) is 13.2 Å². The van der Waals surface area contributed by atoms with Crippen molar-refractivity contribution in [2.24, 2.45) is 0 Å². The smallest absolute Gasteiger partial charge is 0.265 e. The summed E-state index contributed by atoms with van der Waals surface area (Å²) in [6.45, 7) is 1.93. The number of hydrogen-bond donors (Lipinski definition) is 2. The summed E-state index contributed by atoms with van der Waals surface area (Å²) < 4.78 is 26.9. The molecule has 1 aliphatic rings. The molecule has 2 aromatic carbocycles. The first-order valence-corrected chi connectivity index (χ1v) is 8.59. The van der Waals surface area contributed by atoms with Crippen molar-refractivity contribution in [1.29, 1.82) is 0 Å². The van der Waals surface area contributed by atoms with Crippen molar-refractivity contribution in [1.82, 2.24) is 4.72 Å². The molecule has 0 radical (unpaired) electrons. The van der Waals surface area contributed by atoms with Crippen LogP contribution < -0.4 is 14.9 Å². The van der Waals surface area contributed by atoms with Gasteiger partial charge in [-0.2, -0.15) is 4.72 Å². The van der Waals surface area contributed by atoms with Gasteiger partial charge in [0.25, 0.3) is 5.91 Å². The normalized spacial score (nSPS) is 18.6. The van der Waals surface area contributed by atoms with Gasteiger partial charge >= 0.3 is 0 Å². The van der Waals surface area contributed by atoms with E-state index in [1.54, 1.807) is 31.3 Å². The van der Waals surface area contributed by atoms with Gasteiger partial charge in [0.2, 0.25) is 10.0 Å². The molecule has 120 valence electrons. The van der Waals surface area contributed by atoms with Gasteiger partial charge < -0.3 is 10.2 Å². The maximum absolute atomic E-state index is 12.6. The Balaban J connectivity index is 1.90. The molecule has 1 aliphatic heterocycles. The zero-order valence-electron chi connectivity index (χ0n) is 12.8. The molecule has 0 saturated heterocycles. The summed E-state index contributed by atoms with van der Waals surface area (Å²) in [4.78, 5) is 14.2. The van der Waals surface area contributed by atoms with Crippen LogP contribution in [-0.2, 0) is 14.8 Å². The fourth-order valence-electron chi connectivity index (χ4n) is 2.49. The Kier molecular flexibility index (Phi) is 3.83. The number of fused-ring (bicyclic) bond motifs is 1. The SMILES string of the molecule is Cc1cccc(N(C)C(=O)C2Nc3ccccc3S(=O)(=O)N2)c1. The second-order valence-electron chi connectivity index (χ2n) is 5.43. The summed E-state index contributed by atoms with van der Waals surface area (Å²) >= 11 is 0. The molecule has 1 heterocycles. The zero-order chi connectivity index (χ0) is 16.6. The number of para-hydroxylation sites is 1. The van der Waals surface area contributed by atoms with E-state index in [-0.39, 0.29) is 10.8 Å². The second kappa shape index (κ2) is 5.68. The minimum absolute atomic E-state index is 0.141. The van der Waals surface area contributed by atoms with Gasteiger partial charge in [0, 0.05) is 12.7 Å². The lowest BCUT2D eigenvalue weighted by Crippen LogP contribution is -2.54. The summed E-state index contributed by atoms with van der Waals surface area (Å²) in [6, 6.07) is 13.9. The Morgan fingerprint density at radius 3 is 2.61 bits per heavy atom. The van der Waals surface area contributed by atoms with Crippen LogP contribution in [0, 0.1) is 6.92 Å².